The SMILES string of the molecule is CN(C)Cc1c(OCC2CC2)ccc2c(CCC3CCN(Cc4cccc(F)n4)CC3)noc12.O=C(O)/C=C/C(=O)O.O=C(O)/C=C/C(=O)O. The molecule has 2 fully saturated rings. The maximum atomic E-state index is 13.4. The molecule has 1 aliphatic heterocycles. The van der Waals surface area contributed by atoms with Crippen molar-refractivity contribution < 1.29 is 53.3 Å². The Morgan fingerprint density at radius 1 is 0.900 bits per heavy atom. The lowest BCUT2D eigenvalue weighted by Gasteiger charge is -2.31. The molecule has 2 aromatic heterocycles. The predicted molar refractivity (Wildman–Crippen MR) is 179 cm³/mol. The molecule has 0 radical (unpaired) electrons. The molecule has 2 aliphatic rings. The Bertz CT molecular complexity index is 1590. The molecule has 4 N–H and O–H groups in total. The highest BCUT2D eigenvalue weighted by Crippen LogP contribution is 2.35. The number of halogens is 1. The third kappa shape index (κ3) is 14.5. The summed E-state index contributed by atoms with van der Waals surface area (Å²) in [4.78, 5) is 46.7. The van der Waals surface area contributed by atoms with Gasteiger partial charge in [-0.25, -0.2) is 24.2 Å². The number of rotatable bonds is 14. The highest BCUT2D eigenvalue weighted by atomic mass is 19.1. The van der Waals surface area contributed by atoms with E-state index < -0.39 is 29.8 Å². The lowest BCUT2D eigenvalue weighted by molar-refractivity contribution is -0.134. The van der Waals surface area contributed by atoms with Crippen LogP contribution >= 0.6 is 0 Å². The summed E-state index contributed by atoms with van der Waals surface area (Å²) in [6.07, 6.45) is 9.11. The van der Waals surface area contributed by atoms with E-state index in [2.05, 4.69) is 46.2 Å². The minimum atomic E-state index is -1.26. The van der Waals surface area contributed by atoms with E-state index in [0.29, 0.717) is 36.1 Å². The maximum Gasteiger partial charge on any atom is 0.328 e. The Morgan fingerprint density at radius 3 is 2.02 bits per heavy atom. The molecule has 0 bridgehead atoms. The first-order chi connectivity index (χ1) is 23.8. The number of carboxylic acids is 4. The van der Waals surface area contributed by atoms with E-state index in [9.17, 15) is 23.6 Å². The van der Waals surface area contributed by atoms with Gasteiger partial charge in [0.25, 0.3) is 0 Å². The summed E-state index contributed by atoms with van der Waals surface area (Å²) in [7, 11) is 4.13. The molecule has 3 heterocycles. The Kier molecular flexibility index (Phi) is 15.5. The second-order valence-electron chi connectivity index (χ2n) is 12.3. The van der Waals surface area contributed by atoms with Crippen molar-refractivity contribution in [1.82, 2.24) is 19.9 Å². The number of carboxylic acid groups (broad SMARTS) is 4. The minimum absolute atomic E-state index is 0.400. The Hall–Kier alpha value is -5.15. The second kappa shape index (κ2) is 19.7. The first-order valence-electron chi connectivity index (χ1n) is 16.1. The van der Waals surface area contributed by atoms with E-state index >= 15 is 0 Å². The number of hydrogen-bond acceptors (Lipinski definition) is 10. The fourth-order valence-corrected chi connectivity index (χ4v) is 5.19. The summed E-state index contributed by atoms with van der Waals surface area (Å²) in [5.74, 6) is -3.12. The molecule has 50 heavy (non-hydrogen) atoms. The number of nitrogens with zero attached hydrogens (tertiary/aromatic N) is 4. The van der Waals surface area contributed by atoms with Gasteiger partial charge in [-0.1, -0.05) is 11.2 Å². The Balaban J connectivity index is 0.000000352. The van der Waals surface area contributed by atoms with Gasteiger partial charge in [-0.3, -0.25) is 4.90 Å². The molecule has 15 heteroatoms. The van der Waals surface area contributed by atoms with Gasteiger partial charge in [-0.05, 0) is 102 Å². The fourth-order valence-electron chi connectivity index (χ4n) is 5.19. The fraction of sp³-hybridized carbons (Fsp3) is 0.429. The second-order valence-corrected chi connectivity index (χ2v) is 12.3. The molecule has 3 aromatic rings. The van der Waals surface area contributed by atoms with E-state index in [-0.39, 0.29) is 0 Å². The quantitative estimate of drug-likeness (QED) is 0.135. The predicted octanol–water partition coefficient (Wildman–Crippen LogP) is 4.48. The van der Waals surface area contributed by atoms with E-state index in [1.165, 1.54) is 18.9 Å². The number of hydrogen-bond donors (Lipinski definition) is 4. The van der Waals surface area contributed by atoms with E-state index in [0.717, 1.165) is 92.1 Å². The van der Waals surface area contributed by atoms with Crippen LogP contribution in [0.15, 0.2) is 59.2 Å². The largest absolute Gasteiger partial charge is 0.493 e. The van der Waals surface area contributed by atoms with Crippen molar-refractivity contribution in [2.24, 2.45) is 11.8 Å². The molecule has 0 spiro atoms. The number of benzene rings is 1. The van der Waals surface area contributed by atoms with Crippen molar-refractivity contribution in [3.8, 4) is 5.75 Å². The summed E-state index contributed by atoms with van der Waals surface area (Å²) >= 11 is 0. The molecule has 1 aliphatic carbocycles. The van der Waals surface area contributed by atoms with E-state index in [1.54, 1.807) is 6.07 Å². The molecule has 1 saturated carbocycles. The maximum absolute atomic E-state index is 13.4. The number of aliphatic carboxylic acids is 4. The molecule has 0 unspecified atom stereocenters. The van der Waals surface area contributed by atoms with Crippen LogP contribution in [0.2, 0.25) is 0 Å². The van der Waals surface area contributed by atoms with Crippen molar-refractivity contribution in [2.45, 2.75) is 51.6 Å². The summed E-state index contributed by atoms with van der Waals surface area (Å²) < 4.78 is 25.4. The highest BCUT2D eigenvalue weighted by Gasteiger charge is 2.25. The van der Waals surface area contributed by atoms with Crippen LogP contribution in [0, 0.1) is 17.8 Å². The monoisotopic (exact) mass is 698 g/mol. The minimum Gasteiger partial charge on any atom is -0.493 e. The van der Waals surface area contributed by atoms with Gasteiger partial charge < -0.3 is 34.6 Å². The van der Waals surface area contributed by atoms with Gasteiger partial charge in [0.05, 0.1) is 23.6 Å². The van der Waals surface area contributed by atoms with Crippen molar-refractivity contribution in [3.63, 3.8) is 0 Å². The molecular formula is C35H43FN4O10. The zero-order valence-electron chi connectivity index (χ0n) is 28.0. The Morgan fingerprint density at radius 2 is 1.50 bits per heavy atom. The molecule has 14 nitrogen and oxygen atoms in total. The molecule has 0 atom stereocenters. The number of piperidine rings is 1. The number of pyridine rings is 1. The van der Waals surface area contributed by atoms with Crippen LogP contribution in [0.1, 0.15) is 49.1 Å². The number of aromatic nitrogens is 2. The molecule has 0 amide bonds. The van der Waals surface area contributed by atoms with Crippen molar-refractivity contribution in [2.75, 3.05) is 33.8 Å². The summed E-state index contributed by atoms with van der Waals surface area (Å²) in [5.41, 5.74) is 3.83. The van der Waals surface area contributed by atoms with E-state index in [4.69, 9.17) is 29.7 Å². The number of aryl methyl sites for hydroxylation is 1. The van der Waals surface area contributed by atoms with Crippen LogP contribution < -0.4 is 4.74 Å². The van der Waals surface area contributed by atoms with Gasteiger partial charge in [0.1, 0.15) is 5.75 Å². The lowest BCUT2D eigenvalue weighted by Crippen LogP contribution is -2.33. The van der Waals surface area contributed by atoms with Gasteiger partial charge in [-0.2, -0.15) is 4.39 Å². The highest BCUT2D eigenvalue weighted by molar-refractivity contribution is 5.90. The van der Waals surface area contributed by atoms with Crippen molar-refractivity contribution in [1.29, 1.82) is 0 Å². The van der Waals surface area contributed by atoms with Crippen LogP contribution in [0.3, 0.4) is 0 Å². The van der Waals surface area contributed by atoms with Gasteiger partial charge in [0.2, 0.25) is 5.95 Å². The zero-order valence-corrected chi connectivity index (χ0v) is 28.0. The van der Waals surface area contributed by atoms with Crippen molar-refractivity contribution >= 4 is 34.8 Å². The smallest absolute Gasteiger partial charge is 0.328 e. The number of carbonyl (C=O) groups is 4. The van der Waals surface area contributed by atoms with Crippen LogP contribution in [-0.2, 0) is 38.7 Å². The summed E-state index contributed by atoms with van der Waals surface area (Å²) in [6.45, 7) is 4.33. The van der Waals surface area contributed by atoms with Crippen LogP contribution in [0.4, 0.5) is 4.39 Å². The van der Waals surface area contributed by atoms with Crippen molar-refractivity contribution in [3.05, 3.63) is 77.5 Å². The number of ether oxygens (including phenoxy) is 1. The summed E-state index contributed by atoms with van der Waals surface area (Å²) in [5, 5.41) is 36.8. The molecule has 1 saturated heterocycles. The first kappa shape index (κ1) is 39.3. The lowest BCUT2D eigenvalue weighted by atomic mass is 9.91. The molecule has 5 rings (SSSR count). The summed E-state index contributed by atoms with van der Waals surface area (Å²) in [6, 6.07) is 9.26. The van der Waals surface area contributed by atoms with Crippen LogP contribution in [0.5, 0.6) is 5.75 Å². The number of fused-ring (bicyclic) bond motifs is 1. The van der Waals surface area contributed by atoms with Gasteiger partial charge in [0.15, 0.2) is 5.58 Å². The standard InChI is InChI=1S/C27H35FN4O2.2C4H4O4/c1-31(2)17-23-25(33-18-20-6-7-20)11-9-22-24(30-34-27(22)23)10-8-19-12-14-32(15-13-19)16-21-4-3-5-26(28)29-21;2*5-3(6)1-2-4(7)8/h3-5,9,11,19-20H,6-8,10,12-18H2,1-2H3;2*1-2H,(H,5,6)(H,7,8)/b;2*2-1+. The third-order valence-corrected chi connectivity index (χ3v) is 7.81. The van der Waals surface area contributed by atoms with Crippen LogP contribution in [0.25, 0.3) is 11.0 Å². The number of likely N-dealkylation sites (tertiary alicyclic amines) is 1. The average molecular weight is 699 g/mol. The van der Waals surface area contributed by atoms with Gasteiger partial charge in [-0.15, -0.1) is 0 Å². The third-order valence-electron chi connectivity index (χ3n) is 7.81. The zero-order chi connectivity index (χ0) is 36.6. The molecular weight excluding hydrogens is 655 g/mol. The molecule has 1 aromatic carbocycles. The topological polar surface area (TPSA) is 204 Å². The average Bonchev–Trinajstić information content (AvgIpc) is 3.80. The first-order valence-corrected chi connectivity index (χ1v) is 16.1. The van der Waals surface area contributed by atoms with Crippen LogP contribution in [-0.4, -0.2) is 98.0 Å². The Labute approximate surface area is 288 Å². The van der Waals surface area contributed by atoms with Gasteiger partial charge >= 0.3 is 23.9 Å². The van der Waals surface area contributed by atoms with E-state index in [1.807, 2.05) is 6.07 Å². The van der Waals surface area contributed by atoms with Gasteiger partial charge in [0, 0.05) is 42.8 Å². The normalized spacial score (nSPS) is 15.0. The molecule has 270 valence electrons.